The van der Waals surface area contributed by atoms with Gasteiger partial charge < -0.3 is 10.5 Å². The van der Waals surface area contributed by atoms with Crippen LogP contribution in [0.5, 0.6) is 0 Å². The molecule has 15 heavy (non-hydrogen) atoms. The van der Waals surface area contributed by atoms with Crippen molar-refractivity contribution in [3.8, 4) is 0 Å². The third-order valence-electron chi connectivity index (χ3n) is 2.11. The Morgan fingerprint density at radius 2 is 2.07 bits per heavy atom. The van der Waals surface area contributed by atoms with E-state index in [1.807, 2.05) is 30.3 Å². The minimum atomic E-state index is -0.535. The average molecular weight is 223 g/mol. The van der Waals surface area contributed by atoms with E-state index in [0.717, 1.165) is 5.56 Å². The zero-order valence-corrected chi connectivity index (χ0v) is 9.29. The molecule has 0 aliphatic carbocycles. The Morgan fingerprint density at radius 3 is 2.53 bits per heavy atom. The summed E-state index contributed by atoms with van der Waals surface area (Å²) in [6.45, 7) is 0. The van der Waals surface area contributed by atoms with E-state index in [-0.39, 0.29) is 11.0 Å². The Hall–Kier alpha value is -1.42. The van der Waals surface area contributed by atoms with E-state index in [2.05, 4.69) is 4.74 Å². The molecule has 0 aliphatic heterocycles. The lowest BCUT2D eigenvalue weighted by atomic mass is 9.99. The molecule has 0 saturated heterocycles. The van der Waals surface area contributed by atoms with Crippen molar-refractivity contribution in [1.82, 2.24) is 0 Å². The SMILES string of the molecule is COC(=O)C(Cc1ccccc1)C(N)=S. The third kappa shape index (κ3) is 3.32. The summed E-state index contributed by atoms with van der Waals surface area (Å²) in [6.07, 6.45) is 0.489. The molecule has 0 amide bonds. The van der Waals surface area contributed by atoms with E-state index in [4.69, 9.17) is 18.0 Å². The molecule has 0 aliphatic rings. The van der Waals surface area contributed by atoms with Crippen LogP contribution in [0.2, 0.25) is 0 Å². The maximum Gasteiger partial charge on any atom is 0.315 e. The summed E-state index contributed by atoms with van der Waals surface area (Å²) >= 11 is 4.84. The summed E-state index contributed by atoms with van der Waals surface area (Å²) in [7, 11) is 1.33. The second kappa shape index (κ2) is 5.46. The number of hydrogen-bond acceptors (Lipinski definition) is 3. The van der Waals surface area contributed by atoms with Crippen molar-refractivity contribution in [3.63, 3.8) is 0 Å². The summed E-state index contributed by atoms with van der Waals surface area (Å²) in [5, 5.41) is 0. The van der Waals surface area contributed by atoms with Crippen molar-refractivity contribution in [2.24, 2.45) is 11.7 Å². The number of ether oxygens (including phenoxy) is 1. The smallest absolute Gasteiger partial charge is 0.315 e. The average Bonchev–Trinajstić information content (AvgIpc) is 2.26. The highest BCUT2D eigenvalue weighted by molar-refractivity contribution is 7.80. The number of thiocarbonyl (C=S) groups is 1. The molecule has 3 nitrogen and oxygen atoms in total. The molecule has 2 N–H and O–H groups in total. The Kier molecular flexibility index (Phi) is 4.24. The standard InChI is InChI=1S/C11H13NO2S/c1-14-11(13)9(10(12)15)7-8-5-3-2-4-6-8/h2-6,9H,7H2,1H3,(H2,12,15). The lowest BCUT2D eigenvalue weighted by molar-refractivity contribution is -0.142. The summed E-state index contributed by atoms with van der Waals surface area (Å²) < 4.78 is 4.64. The number of carbonyl (C=O) groups excluding carboxylic acids is 1. The Morgan fingerprint density at radius 1 is 1.47 bits per heavy atom. The van der Waals surface area contributed by atoms with Crippen LogP contribution in [0.3, 0.4) is 0 Å². The molecular weight excluding hydrogens is 210 g/mol. The summed E-state index contributed by atoms with van der Waals surface area (Å²) in [5.41, 5.74) is 6.51. The molecule has 0 heterocycles. The highest BCUT2D eigenvalue weighted by Gasteiger charge is 2.22. The number of methoxy groups -OCH3 is 1. The van der Waals surface area contributed by atoms with Gasteiger partial charge in [0.25, 0.3) is 0 Å². The fourth-order valence-corrected chi connectivity index (χ4v) is 1.47. The van der Waals surface area contributed by atoms with Crippen LogP contribution in [0.4, 0.5) is 0 Å². The van der Waals surface area contributed by atoms with Crippen LogP contribution in [0.15, 0.2) is 30.3 Å². The second-order valence-electron chi connectivity index (χ2n) is 3.17. The van der Waals surface area contributed by atoms with Crippen LogP contribution in [-0.4, -0.2) is 18.1 Å². The first-order valence-corrected chi connectivity index (χ1v) is 4.97. The lowest BCUT2D eigenvalue weighted by Gasteiger charge is -2.12. The number of hydrogen-bond donors (Lipinski definition) is 1. The Labute approximate surface area is 94.2 Å². The number of rotatable bonds is 4. The molecule has 1 atom stereocenters. The number of benzene rings is 1. The molecule has 0 radical (unpaired) electrons. The van der Waals surface area contributed by atoms with Gasteiger partial charge in [-0.15, -0.1) is 0 Å². The van der Waals surface area contributed by atoms with Crippen LogP contribution in [0.25, 0.3) is 0 Å². The lowest BCUT2D eigenvalue weighted by Crippen LogP contribution is -2.31. The van der Waals surface area contributed by atoms with Crippen molar-refractivity contribution in [2.75, 3.05) is 7.11 Å². The van der Waals surface area contributed by atoms with Crippen molar-refractivity contribution in [2.45, 2.75) is 6.42 Å². The first-order chi connectivity index (χ1) is 7.15. The number of carbonyl (C=O) groups is 1. The van der Waals surface area contributed by atoms with Crippen molar-refractivity contribution in [1.29, 1.82) is 0 Å². The van der Waals surface area contributed by atoms with E-state index < -0.39 is 5.92 Å². The van der Waals surface area contributed by atoms with Gasteiger partial charge in [0, 0.05) is 0 Å². The van der Waals surface area contributed by atoms with Crippen LogP contribution < -0.4 is 5.73 Å². The molecule has 1 aromatic rings. The van der Waals surface area contributed by atoms with Crippen LogP contribution in [-0.2, 0) is 16.0 Å². The van der Waals surface area contributed by atoms with E-state index >= 15 is 0 Å². The van der Waals surface area contributed by atoms with E-state index in [9.17, 15) is 4.79 Å². The molecule has 80 valence electrons. The van der Waals surface area contributed by atoms with Gasteiger partial charge >= 0.3 is 5.97 Å². The van der Waals surface area contributed by atoms with Crippen LogP contribution in [0.1, 0.15) is 5.56 Å². The fraction of sp³-hybridized carbons (Fsp3) is 0.273. The minimum absolute atomic E-state index is 0.172. The molecule has 0 saturated carbocycles. The number of nitrogens with two attached hydrogens (primary N) is 1. The van der Waals surface area contributed by atoms with E-state index in [0.29, 0.717) is 6.42 Å². The largest absolute Gasteiger partial charge is 0.468 e. The first kappa shape index (κ1) is 11.7. The van der Waals surface area contributed by atoms with E-state index in [1.54, 1.807) is 0 Å². The van der Waals surface area contributed by atoms with Crippen molar-refractivity contribution >= 4 is 23.2 Å². The molecule has 4 heteroatoms. The van der Waals surface area contributed by atoms with Gasteiger partial charge in [0.1, 0.15) is 5.92 Å². The molecule has 0 spiro atoms. The molecule has 1 unspecified atom stereocenters. The summed E-state index contributed by atoms with van der Waals surface area (Å²) in [5.74, 6) is -0.918. The molecule has 0 aromatic heterocycles. The second-order valence-corrected chi connectivity index (χ2v) is 3.64. The normalized spacial score (nSPS) is 11.8. The summed E-state index contributed by atoms with van der Waals surface area (Å²) in [6, 6.07) is 9.58. The molecule has 0 fully saturated rings. The van der Waals surface area contributed by atoms with Gasteiger partial charge in [-0.2, -0.15) is 0 Å². The fourth-order valence-electron chi connectivity index (χ4n) is 1.29. The van der Waals surface area contributed by atoms with Gasteiger partial charge in [0.05, 0.1) is 12.1 Å². The number of esters is 1. The van der Waals surface area contributed by atoms with Crippen LogP contribution >= 0.6 is 12.2 Å². The molecule has 1 aromatic carbocycles. The maximum absolute atomic E-state index is 11.4. The highest BCUT2D eigenvalue weighted by Crippen LogP contribution is 2.10. The molecular formula is C11H13NO2S. The Balaban J connectivity index is 2.76. The topological polar surface area (TPSA) is 52.3 Å². The van der Waals surface area contributed by atoms with Crippen LogP contribution in [0, 0.1) is 5.92 Å². The van der Waals surface area contributed by atoms with Crippen molar-refractivity contribution in [3.05, 3.63) is 35.9 Å². The predicted molar refractivity (Wildman–Crippen MR) is 62.4 cm³/mol. The monoisotopic (exact) mass is 223 g/mol. The maximum atomic E-state index is 11.4. The molecule has 1 rings (SSSR count). The minimum Gasteiger partial charge on any atom is -0.468 e. The van der Waals surface area contributed by atoms with Crippen molar-refractivity contribution < 1.29 is 9.53 Å². The zero-order chi connectivity index (χ0) is 11.3. The van der Waals surface area contributed by atoms with Gasteiger partial charge in [-0.3, -0.25) is 4.79 Å². The quantitative estimate of drug-likeness (QED) is 0.617. The van der Waals surface area contributed by atoms with Gasteiger partial charge in [0.2, 0.25) is 0 Å². The summed E-state index contributed by atoms with van der Waals surface area (Å²) in [4.78, 5) is 11.5. The van der Waals surface area contributed by atoms with Gasteiger partial charge in [-0.1, -0.05) is 42.5 Å². The van der Waals surface area contributed by atoms with Gasteiger partial charge in [-0.25, -0.2) is 0 Å². The molecule has 0 bridgehead atoms. The first-order valence-electron chi connectivity index (χ1n) is 4.56. The van der Waals surface area contributed by atoms with Gasteiger partial charge in [0.15, 0.2) is 0 Å². The van der Waals surface area contributed by atoms with E-state index in [1.165, 1.54) is 7.11 Å². The third-order valence-corrected chi connectivity index (χ3v) is 2.40. The predicted octanol–water partition coefficient (Wildman–Crippen LogP) is 1.30. The highest BCUT2D eigenvalue weighted by atomic mass is 32.1. The van der Waals surface area contributed by atoms with Gasteiger partial charge in [-0.05, 0) is 12.0 Å². The zero-order valence-electron chi connectivity index (χ0n) is 8.47. The Bertz CT molecular complexity index is 351.